The third kappa shape index (κ3) is 3.79. The summed E-state index contributed by atoms with van der Waals surface area (Å²) in [5, 5.41) is 0. The second kappa shape index (κ2) is 8.62. The largest absolute Gasteiger partial charge is 0.464 e. The predicted octanol–water partition coefficient (Wildman–Crippen LogP) is 7.57. The van der Waals surface area contributed by atoms with E-state index in [-0.39, 0.29) is 6.10 Å². The zero-order valence-electron chi connectivity index (χ0n) is 20.3. The summed E-state index contributed by atoms with van der Waals surface area (Å²) in [6.45, 7) is 13.2. The Kier molecular flexibility index (Phi) is 6.44. The Balaban J connectivity index is 1.47. The molecule has 4 aliphatic carbocycles. The maximum atomic E-state index is 10.8. The van der Waals surface area contributed by atoms with Gasteiger partial charge in [-0.3, -0.25) is 4.79 Å². The number of rotatable bonds is 7. The normalized spacial score (nSPS) is 43.9. The Bertz CT molecular complexity index is 651. The van der Waals surface area contributed by atoms with E-state index in [9.17, 15) is 4.79 Å². The zero-order chi connectivity index (χ0) is 21.5. The molecule has 0 aromatic carbocycles. The van der Waals surface area contributed by atoms with Crippen LogP contribution in [-0.2, 0) is 9.53 Å². The van der Waals surface area contributed by atoms with Crippen molar-refractivity contribution < 1.29 is 9.53 Å². The number of carbonyl (C=O) groups is 1. The first-order valence-electron chi connectivity index (χ1n) is 13.1. The fourth-order valence-corrected chi connectivity index (χ4v) is 8.85. The van der Waals surface area contributed by atoms with Crippen molar-refractivity contribution in [1.82, 2.24) is 0 Å². The Morgan fingerprint density at radius 2 is 1.87 bits per heavy atom. The van der Waals surface area contributed by atoms with E-state index in [1.165, 1.54) is 57.8 Å². The molecule has 0 spiro atoms. The monoisotopic (exact) mass is 414 g/mol. The van der Waals surface area contributed by atoms with E-state index in [0.29, 0.717) is 17.3 Å². The average molecular weight is 415 g/mol. The van der Waals surface area contributed by atoms with Crippen molar-refractivity contribution in [3.63, 3.8) is 0 Å². The molecule has 4 aliphatic rings. The van der Waals surface area contributed by atoms with E-state index in [2.05, 4.69) is 40.7 Å². The molecule has 30 heavy (non-hydrogen) atoms. The predicted molar refractivity (Wildman–Crippen MR) is 124 cm³/mol. The van der Waals surface area contributed by atoms with Crippen LogP contribution in [0, 0.1) is 46.3 Å². The van der Waals surface area contributed by atoms with Crippen molar-refractivity contribution in [2.24, 2.45) is 46.3 Å². The van der Waals surface area contributed by atoms with Crippen molar-refractivity contribution >= 4 is 6.47 Å². The molecule has 3 saturated carbocycles. The highest BCUT2D eigenvalue weighted by atomic mass is 16.5. The summed E-state index contributed by atoms with van der Waals surface area (Å²) in [4.78, 5) is 10.8. The summed E-state index contributed by atoms with van der Waals surface area (Å²) >= 11 is 0. The number of hydrogen-bond donors (Lipinski definition) is 0. The first-order chi connectivity index (χ1) is 14.3. The Hall–Kier alpha value is -0.790. The lowest BCUT2D eigenvalue weighted by atomic mass is 9.47. The quantitative estimate of drug-likeness (QED) is 0.317. The van der Waals surface area contributed by atoms with Crippen LogP contribution in [0.25, 0.3) is 0 Å². The molecule has 8 atom stereocenters. The summed E-state index contributed by atoms with van der Waals surface area (Å²) in [6, 6.07) is 0. The molecule has 2 nitrogen and oxygen atoms in total. The molecule has 0 N–H and O–H groups in total. The lowest BCUT2D eigenvalue weighted by Gasteiger charge is -2.58. The van der Waals surface area contributed by atoms with Gasteiger partial charge in [0.15, 0.2) is 0 Å². The van der Waals surface area contributed by atoms with Gasteiger partial charge in [-0.15, -0.1) is 0 Å². The molecule has 0 saturated heterocycles. The van der Waals surface area contributed by atoms with Gasteiger partial charge in [0.25, 0.3) is 6.47 Å². The molecule has 0 aliphatic heterocycles. The van der Waals surface area contributed by atoms with Gasteiger partial charge < -0.3 is 4.74 Å². The van der Waals surface area contributed by atoms with E-state index < -0.39 is 0 Å². The molecule has 0 aromatic heterocycles. The van der Waals surface area contributed by atoms with Crippen LogP contribution in [0.2, 0.25) is 0 Å². The van der Waals surface area contributed by atoms with Gasteiger partial charge in [0.05, 0.1) is 0 Å². The first kappa shape index (κ1) is 22.4. The van der Waals surface area contributed by atoms with Gasteiger partial charge in [-0.05, 0) is 91.3 Å². The van der Waals surface area contributed by atoms with Gasteiger partial charge in [0, 0.05) is 6.42 Å². The number of ether oxygens (including phenoxy) is 1. The topological polar surface area (TPSA) is 26.3 Å². The van der Waals surface area contributed by atoms with Crippen LogP contribution in [0.5, 0.6) is 0 Å². The number of fused-ring (bicyclic) bond motifs is 5. The van der Waals surface area contributed by atoms with Gasteiger partial charge in [-0.1, -0.05) is 65.5 Å². The van der Waals surface area contributed by atoms with Crippen LogP contribution >= 0.6 is 0 Å². The smallest absolute Gasteiger partial charge is 0.293 e. The highest BCUT2D eigenvalue weighted by Gasteiger charge is 2.59. The van der Waals surface area contributed by atoms with Crippen molar-refractivity contribution in [3.8, 4) is 0 Å². The molecule has 0 heterocycles. The van der Waals surface area contributed by atoms with Gasteiger partial charge in [-0.2, -0.15) is 0 Å². The van der Waals surface area contributed by atoms with E-state index in [1.807, 2.05) is 0 Å². The van der Waals surface area contributed by atoms with Gasteiger partial charge in [0.1, 0.15) is 6.10 Å². The lowest BCUT2D eigenvalue weighted by Crippen LogP contribution is -2.51. The molecule has 2 heteroatoms. The van der Waals surface area contributed by atoms with E-state index >= 15 is 0 Å². The van der Waals surface area contributed by atoms with Crippen LogP contribution < -0.4 is 0 Å². The van der Waals surface area contributed by atoms with Crippen molar-refractivity contribution in [3.05, 3.63) is 11.6 Å². The molecule has 4 rings (SSSR count). The van der Waals surface area contributed by atoms with Crippen molar-refractivity contribution in [2.75, 3.05) is 0 Å². The minimum absolute atomic E-state index is 0.120. The minimum Gasteiger partial charge on any atom is -0.464 e. The molecule has 0 aromatic rings. The summed E-state index contributed by atoms with van der Waals surface area (Å²) in [7, 11) is 0. The van der Waals surface area contributed by atoms with Crippen LogP contribution in [0.3, 0.4) is 0 Å². The van der Waals surface area contributed by atoms with Crippen molar-refractivity contribution in [1.29, 1.82) is 0 Å². The summed E-state index contributed by atoms with van der Waals surface area (Å²) < 4.78 is 5.36. The van der Waals surface area contributed by atoms with Gasteiger partial charge in [0.2, 0.25) is 0 Å². The second-order valence-electron chi connectivity index (χ2n) is 12.4. The standard InChI is InChI=1S/C28H46O2/c1-19(2)7-6-8-20(3)24-11-12-25-23-10-9-21-17-22(30-18-29)13-15-27(21,4)26(23)14-16-28(24,25)5/h9,18-20,22-26H,6-8,10-17H2,1-5H3/t20-,22-,23+,24-,25-,26+,27+,28-/m1/s1. The SMILES string of the molecule is CC(C)CCC[C@@H](C)[C@H]1CC[C@@H]2[C@@H]3CC=C4C[C@H](OC=O)CC[C@]4(C)[C@H]3CC[C@@]21C. The van der Waals surface area contributed by atoms with Crippen LogP contribution in [0.15, 0.2) is 11.6 Å². The maximum Gasteiger partial charge on any atom is 0.293 e. The van der Waals surface area contributed by atoms with Crippen LogP contribution in [-0.4, -0.2) is 12.6 Å². The average Bonchev–Trinajstić information content (AvgIpc) is 3.05. The highest BCUT2D eigenvalue weighted by molar-refractivity contribution is 5.38. The Morgan fingerprint density at radius 3 is 2.60 bits per heavy atom. The van der Waals surface area contributed by atoms with E-state index in [0.717, 1.165) is 48.3 Å². The van der Waals surface area contributed by atoms with E-state index in [1.54, 1.807) is 5.57 Å². The fraction of sp³-hybridized carbons (Fsp3) is 0.893. The zero-order valence-corrected chi connectivity index (χ0v) is 20.3. The molecule has 170 valence electrons. The van der Waals surface area contributed by atoms with Gasteiger partial charge in [-0.25, -0.2) is 0 Å². The second-order valence-corrected chi connectivity index (χ2v) is 12.4. The molecular formula is C28H46O2. The summed E-state index contributed by atoms with van der Waals surface area (Å²) in [5.41, 5.74) is 2.54. The number of carbonyl (C=O) groups excluding carboxylic acids is 1. The Labute approximate surface area is 185 Å². The minimum atomic E-state index is 0.120. The lowest BCUT2D eigenvalue weighted by molar-refractivity contribution is -0.136. The van der Waals surface area contributed by atoms with Crippen LogP contribution in [0.1, 0.15) is 105 Å². The fourth-order valence-electron chi connectivity index (χ4n) is 8.85. The van der Waals surface area contributed by atoms with Crippen molar-refractivity contribution in [2.45, 2.75) is 111 Å². The highest BCUT2D eigenvalue weighted by Crippen LogP contribution is 2.67. The first-order valence-corrected chi connectivity index (χ1v) is 13.1. The number of allylic oxidation sites excluding steroid dienone is 1. The molecule has 0 unspecified atom stereocenters. The molecule has 0 amide bonds. The molecular weight excluding hydrogens is 368 g/mol. The summed E-state index contributed by atoms with van der Waals surface area (Å²) in [6.07, 6.45) is 17.2. The number of hydrogen-bond acceptors (Lipinski definition) is 2. The third-order valence-electron chi connectivity index (χ3n) is 10.5. The summed E-state index contributed by atoms with van der Waals surface area (Å²) in [5.74, 6) is 5.32. The third-order valence-corrected chi connectivity index (χ3v) is 10.5. The van der Waals surface area contributed by atoms with Gasteiger partial charge >= 0.3 is 0 Å². The molecule has 0 bridgehead atoms. The van der Waals surface area contributed by atoms with Crippen LogP contribution in [0.4, 0.5) is 0 Å². The maximum absolute atomic E-state index is 10.8. The Morgan fingerprint density at radius 1 is 1.07 bits per heavy atom. The molecule has 0 radical (unpaired) electrons. The molecule has 3 fully saturated rings. The van der Waals surface area contributed by atoms with E-state index in [4.69, 9.17) is 4.74 Å².